The Morgan fingerprint density at radius 2 is 2.21 bits per heavy atom. The number of hydrogen-bond acceptors (Lipinski definition) is 5. The fraction of sp³-hybridized carbons (Fsp3) is 0.545. The van der Waals surface area contributed by atoms with E-state index in [0.29, 0.717) is 12.4 Å². The first-order valence-electron chi connectivity index (χ1n) is 6.06. The Kier molecular flexibility index (Phi) is 3.59. The van der Waals surface area contributed by atoms with Crippen molar-refractivity contribution in [1.29, 1.82) is 0 Å². The van der Waals surface area contributed by atoms with Crippen molar-refractivity contribution >= 4 is 5.97 Å². The van der Waals surface area contributed by atoms with Gasteiger partial charge in [0.1, 0.15) is 5.69 Å². The van der Waals surface area contributed by atoms with Crippen LogP contribution in [0.5, 0.6) is 0 Å². The van der Waals surface area contributed by atoms with Crippen LogP contribution in [0.1, 0.15) is 19.5 Å². The number of aliphatic carboxylic acids is 1. The quantitative estimate of drug-likeness (QED) is 0.848. The average molecular weight is 264 g/mol. The molecular formula is C11H16N6O2. The summed E-state index contributed by atoms with van der Waals surface area (Å²) in [5, 5.41) is 24.7. The van der Waals surface area contributed by atoms with E-state index in [9.17, 15) is 4.79 Å². The van der Waals surface area contributed by atoms with Crippen molar-refractivity contribution in [3.8, 4) is 11.5 Å². The molecule has 0 fully saturated rings. The summed E-state index contributed by atoms with van der Waals surface area (Å²) in [4.78, 5) is 10.9. The van der Waals surface area contributed by atoms with E-state index in [4.69, 9.17) is 5.11 Å². The molecule has 1 N–H and O–H groups in total. The third kappa shape index (κ3) is 2.61. The van der Waals surface area contributed by atoms with Gasteiger partial charge < -0.3 is 5.11 Å². The van der Waals surface area contributed by atoms with Gasteiger partial charge in [0.25, 0.3) is 0 Å². The van der Waals surface area contributed by atoms with Crippen LogP contribution in [0.3, 0.4) is 0 Å². The second-order valence-corrected chi connectivity index (χ2v) is 4.41. The molecule has 0 spiro atoms. The second-order valence-electron chi connectivity index (χ2n) is 4.41. The van der Waals surface area contributed by atoms with Crippen LogP contribution in [-0.2, 0) is 17.9 Å². The highest BCUT2D eigenvalue weighted by molar-refractivity contribution is 5.69. The molecule has 8 heteroatoms. The van der Waals surface area contributed by atoms with Crippen molar-refractivity contribution in [2.24, 2.45) is 5.92 Å². The molecule has 0 bridgehead atoms. The number of carboxylic acid groups (broad SMARTS) is 1. The molecule has 102 valence electrons. The number of nitrogens with zero attached hydrogens (tertiary/aromatic N) is 6. The summed E-state index contributed by atoms with van der Waals surface area (Å²) in [6, 6.07) is 1.89. The van der Waals surface area contributed by atoms with Crippen LogP contribution in [0.2, 0.25) is 0 Å². The zero-order chi connectivity index (χ0) is 14.0. The summed E-state index contributed by atoms with van der Waals surface area (Å²) in [7, 11) is 0. The van der Waals surface area contributed by atoms with Crippen molar-refractivity contribution < 1.29 is 9.90 Å². The molecule has 0 saturated carbocycles. The van der Waals surface area contributed by atoms with Gasteiger partial charge in [-0.1, -0.05) is 6.92 Å². The Morgan fingerprint density at radius 1 is 1.47 bits per heavy atom. The Bertz CT molecular complexity index is 588. The molecule has 0 aromatic carbocycles. The van der Waals surface area contributed by atoms with Gasteiger partial charge in [0, 0.05) is 6.54 Å². The Hall–Kier alpha value is -2.25. The van der Waals surface area contributed by atoms with Gasteiger partial charge in [-0.15, -0.1) is 5.10 Å². The number of hydrogen-bond donors (Lipinski definition) is 1. The SMILES string of the molecule is CCn1nc(C)cc1-c1nnnn1CC(C)C(=O)O. The first kappa shape index (κ1) is 13.2. The first-order chi connectivity index (χ1) is 9.02. The van der Waals surface area contributed by atoms with E-state index in [0.717, 1.165) is 11.4 Å². The van der Waals surface area contributed by atoms with Crippen LogP contribution >= 0.6 is 0 Å². The zero-order valence-electron chi connectivity index (χ0n) is 11.1. The van der Waals surface area contributed by atoms with E-state index in [-0.39, 0.29) is 6.54 Å². The van der Waals surface area contributed by atoms with Gasteiger partial charge in [-0.05, 0) is 30.3 Å². The predicted octanol–water partition coefficient (Wildman–Crippen LogP) is 0.586. The molecule has 0 aliphatic rings. The molecule has 1 unspecified atom stereocenters. The van der Waals surface area contributed by atoms with E-state index in [1.165, 1.54) is 4.68 Å². The molecule has 2 aromatic rings. The summed E-state index contributed by atoms with van der Waals surface area (Å²) in [5.41, 5.74) is 1.67. The second kappa shape index (κ2) is 5.17. The van der Waals surface area contributed by atoms with E-state index in [2.05, 4.69) is 20.6 Å². The van der Waals surface area contributed by atoms with Gasteiger partial charge in [-0.25, -0.2) is 4.68 Å². The van der Waals surface area contributed by atoms with E-state index in [1.54, 1.807) is 11.6 Å². The molecule has 19 heavy (non-hydrogen) atoms. The molecule has 2 rings (SSSR count). The van der Waals surface area contributed by atoms with Crippen molar-refractivity contribution in [2.75, 3.05) is 0 Å². The van der Waals surface area contributed by atoms with Gasteiger partial charge in [0.2, 0.25) is 0 Å². The highest BCUT2D eigenvalue weighted by atomic mass is 16.4. The fourth-order valence-corrected chi connectivity index (χ4v) is 1.82. The van der Waals surface area contributed by atoms with Crippen LogP contribution in [0.4, 0.5) is 0 Å². The van der Waals surface area contributed by atoms with Crippen molar-refractivity contribution in [3.05, 3.63) is 11.8 Å². The van der Waals surface area contributed by atoms with Gasteiger partial charge in [0.05, 0.1) is 18.2 Å². The number of carbonyl (C=O) groups is 1. The third-order valence-electron chi connectivity index (χ3n) is 2.83. The summed E-state index contributed by atoms with van der Waals surface area (Å²) < 4.78 is 3.30. The highest BCUT2D eigenvalue weighted by Gasteiger charge is 2.19. The van der Waals surface area contributed by atoms with Crippen molar-refractivity contribution in [1.82, 2.24) is 30.0 Å². The smallest absolute Gasteiger partial charge is 0.308 e. The Balaban J connectivity index is 2.35. The van der Waals surface area contributed by atoms with Crippen LogP contribution in [0.25, 0.3) is 11.5 Å². The standard InChI is InChI=1S/C11H16N6O2/c1-4-16-9(5-8(3)13-16)10-12-14-15-17(10)6-7(2)11(18)19/h5,7H,4,6H2,1-3H3,(H,18,19). The number of carboxylic acids is 1. The van der Waals surface area contributed by atoms with Crippen LogP contribution in [-0.4, -0.2) is 41.1 Å². The van der Waals surface area contributed by atoms with E-state index in [1.807, 2.05) is 19.9 Å². The fourth-order valence-electron chi connectivity index (χ4n) is 1.82. The number of aryl methyl sites for hydroxylation is 2. The van der Waals surface area contributed by atoms with Gasteiger partial charge in [-0.2, -0.15) is 5.10 Å². The summed E-state index contributed by atoms with van der Waals surface area (Å²) in [6.45, 7) is 6.42. The molecule has 0 radical (unpaired) electrons. The summed E-state index contributed by atoms with van der Waals surface area (Å²) in [6.07, 6.45) is 0. The molecule has 1 atom stereocenters. The highest BCUT2D eigenvalue weighted by Crippen LogP contribution is 2.18. The zero-order valence-corrected chi connectivity index (χ0v) is 11.1. The monoisotopic (exact) mass is 264 g/mol. The minimum absolute atomic E-state index is 0.228. The lowest BCUT2D eigenvalue weighted by Crippen LogP contribution is -2.18. The lowest BCUT2D eigenvalue weighted by atomic mass is 10.2. The van der Waals surface area contributed by atoms with E-state index >= 15 is 0 Å². The molecule has 2 aromatic heterocycles. The van der Waals surface area contributed by atoms with Crippen molar-refractivity contribution in [2.45, 2.75) is 33.9 Å². The molecule has 0 aliphatic heterocycles. The van der Waals surface area contributed by atoms with Crippen molar-refractivity contribution in [3.63, 3.8) is 0 Å². The summed E-state index contributed by atoms with van der Waals surface area (Å²) >= 11 is 0. The maximum atomic E-state index is 10.9. The number of tetrazole rings is 1. The molecule has 2 heterocycles. The minimum atomic E-state index is -0.873. The van der Waals surface area contributed by atoms with Gasteiger partial charge in [0.15, 0.2) is 5.82 Å². The molecular weight excluding hydrogens is 248 g/mol. The Morgan fingerprint density at radius 3 is 2.84 bits per heavy atom. The molecule has 8 nitrogen and oxygen atoms in total. The molecule has 0 saturated heterocycles. The molecule has 0 amide bonds. The maximum absolute atomic E-state index is 10.9. The molecule has 0 aliphatic carbocycles. The Labute approximate surface area is 110 Å². The number of aromatic nitrogens is 6. The average Bonchev–Trinajstić information content (AvgIpc) is 2.94. The van der Waals surface area contributed by atoms with Gasteiger partial charge in [-0.3, -0.25) is 9.48 Å². The topological polar surface area (TPSA) is 98.7 Å². The number of rotatable bonds is 5. The summed E-state index contributed by atoms with van der Waals surface area (Å²) in [5.74, 6) is -0.890. The maximum Gasteiger partial charge on any atom is 0.308 e. The lowest BCUT2D eigenvalue weighted by molar-refractivity contribution is -0.141. The largest absolute Gasteiger partial charge is 0.481 e. The van der Waals surface area contributed by atoms with Crippen LogP contribution in [0, 0.1) is 12.8 Å². The van der Waals surface area contributed by atoms with Crippen LogP contribution < -0.4 is 0 Å². The lowest BCUT2D eigenvalue weighted by Gasteiger charge is -2.08. The minimum Gasteiger partial charge on any atom is -0.481 e. The normalized spacial score (nSPS) is 12.6. The third-order valence-corrected chi connectivity index (χ3v) is 2.83. The predicted molar refractivity (Wildman–Crippen MR) is 66.2 cm³/mol. The van der Waals surface area contributed by atoms with Gasteiger partial charge >= 0.3 is 5.97 Å². The van der Waals surface area contributed by atoms with Crippen LogP contribution in [0.15, 0.2) is 6.07 Å². The first-order valence-corrected chi connectivity index (χ1v) is 6.06. The van der Waals surface area contributed by atoms with E-state index < -0.39 is 11.9 Å².